The summed E-state index contributed by atoms with van der Waals surface area (Å²) in [5, 5.41) is 11.0. The minimum Gasteiger partial charge on any atom is -0.489 e. The maximum absolute atomic E-state index is 13.4. The van der Waals surface area contributed by atoms with Gasteiger partial charge in [0, 0.05) is 27.2 Å². The second-order valence-corrected chi connectivity index (χ2v) is 5.22. The van der Waals surface area contributed by atoms with E-state index in [1.54, 1.807) is 18.2 Å². The van der Waals surface area contributed by atoms with Crippen LogP contribution in [0.3, 0.4) is 0 Å². The van der Waals surface area contributed by atoms with Crippen LogP contribution >= 0.6 is 27.5 Å². The number of halogens is 3. The average molecular weight is 361 g/mol. The predicted molar refractivity (Wildman–Crippen MR) is 76.5 cm³/mol. The van der Waals surface area contributed by atoms with E-state index in [1.807, 2.05) is 0 Å². The summed E-state index contributed by atoms with van der Waals surface area (Å²) in [6.07, 6.45) is 0. The Balaban J connectivity index is 2.11. The molecule has 0 aliphatic rings. The molecule has 4 nitrogen and oxygen atoms in total. The second-order valence-electron chi connectivity index (χ2n) is 3.89. The standard InChI is InChI=1S/C13H8BrClFNO3/c14-9-2-1-8(11(15)5-9)7-20-10-3-4-13(17(18)19)12(16)6-10/h1-6H,7H2. The zero-order chi connectivity index (χ0) is 14.7. The predicted octanol–water partition coefficient (Wildman–Crippen LogP) is 4.73. The smallest absolute Gasteiger partial charge is 0.305 e. The number of nitrogens with zero attached hydrogens (tertiary/aromatic N) is 1. The van der Waals surface area contributed by atoms with Crippen molar-refractivity contribution < 1.29 is 14.1 Å². The van der Waals surface area contributed by atoms with Crippen molar-refractivity contribution >= 4 is 33.2 Å². The molecule has 7 heteroatoms. The van der Waals surface area contributed by atoms with Crippen LogP contribution in [-0.2, 0) is 6.61 Å². The first-order valence-corrected chi connectivity index (χ1v) is 6.65. The van der Waals surface area contributed by atoms with Crippen molar-refractivity contribution in [3.63, 3.8) is 0 Å². The van der Waals surface area contributed by atoms with Gasteiger partial charge in [-0.15, -0.1) is 0 Å². The van der Waals surface area contributed by atoms with E-state index < -0.39 is 16.4 Å². The molecule has 0 aliphatic carbocycles. The number of hydrogen-bond acceptors (Lipinski definition) is 3. The highest BCUT2D eigenvalue weighted by Gasteiger charge is 2.14. The largest absolute Gasteiger partial charge is 0.489 e. The van der Waals surface area contributed by atoms with Gasteiger partial charge >= 0.3 is 5.69 Å². The third-order valence-electron chi connectivity index (χ3n) is 2.53. The number of rotatable bonds is 4. The summed E-state index contributed by atoms with van der Waals surface area (Å²) in [5.41, 5.74) is 0.146. The van der Waals surface area contributed by atoms with Crippen molar-refractivity contribution in [1.82, 2.24) is 0 Å². The molecule has 0 saturated heterocycles. The van der Waals surface area contributed by atoms with Crippen LogP contribution in [0.25, 0.3) is 0 Å². The van der Waals surface area contributed by atoms with Gasteiger partial charge in [-0.25, -0.2) is 0 Å². The summed E-state index contributed by atoms with van der Waals surface area (Å²) in [4.78, 5) is 9.70. The number of hydrogen-bond donors (Lipinski definition) is 0. The van der Waals surface area contributed by atoms with Crippen LogP contribution in [0.2, 0.25) is 5.02 Å². The molecule has 0 atom stereocenters. The van der Waals surface area contributed by atoms with E-state index in [-0.39, 0.29) is 12.4 Å². The van der Waals surface area contributed by atoms with Crippen LogP contribution in [0, 0.1) is 15.9 Å². The number of benzene rings is 2. The van der Waals surface area contributed by atoms with Crippen molar-refractivity contribution in [2.45, 2.75) is 6.61 Å². The lowest BCUT2D eigenvalue weighted by atomic mass is 10.2. The molecule has 0 saturated carbocycles. The maximum atomic E-state index is 13.4. The summed E-state index contributed by atoms with van der Waals surface area (Å²) >= 11 is 9.31. The highest BCUT2D eigenvalue weighted by atomic mass is 79.9. The molecule has 2 rings (SSSR count). The summed E-state index contributed by atoms with van der Waals surface area (Å²) in [6, 6.07) is 8.68. The molecule has 0 radical (unpaired) electrons. The molecule has 0 spiro atoms. The van der Waals surface area contributed by atoms with Gasteiger partial charge in [0.2, 0.25) is 5.82 Å². The fraction of sp³-hybridized carbons (Fsp3) is 0.0769. The van der Waals surface area contributed by atoms with Gasteiger partial charge in [0.15, 0.2) is 0 Å². The Morgan fingerprint density at radius 2 is 2.05 bits per heavy atom. The number of nitro benzene ring substituents is 1. The molecule has 20 heavy (non-hydrogen) atoms. The zero-order valence-corrected chi connectivity index (χ0v) is 12.3. The topological polar surface area (TPSA) is 52.4 Å². The summed E-state index contributed by atoms with van der Waals surface area (Å²) in [7, 11) is 0. The average Bonchev–Trinajstić information content (AvgIpc) is 2.37. The van der Waals surface area contributed by atoms with E-state index in [0.717, 1.165) is 22.2 Å². The molecular weight excluding hydrogens is 353 g/mol. The van der Waals surface area contributed by atoms with E-state index >= 15 is 0 Å². The molecule has 0 fully saturated rings. The quantitative estimate of drug-likeness (QED) is 0.585. The molecule has 0 unspecified atom stereocenters. The van der Waals surface area contributed by atoms with Crippen LogP contribution in [-0.4, -0.2) is 4.92 Å². The van der Waals surface area contributed by atoms with Crippen LogP contribution < -0.4 is 4.74 Å². The van der Waals surface area contributed by atoms with Crippen molar-refractivity contribution in [1.29, 1.82) is 0 Å². The molecule has 0 bridgehead atoms. The van der Waals surface area contributed by atoms with Crippen LogP contribution in [0.1, 0.15) is 5.56 Å². The maximum Gasteiger partial charge on any atom is 0.305 e. The van der Waals surface area contributed by atoms with Crippen molar-refractivity contribution in [2.75, 3.05) is 0 Å². The molecule has 0 aromatic heterocycles. The summed E-state index contributed by atoms with van der Waals surface area (Å²) < 4.78 is 19.6. The molecule has 0 amide bonds. The molecule has 0 N–H and O–H groups in total. The Morgan fingerprint density at radius 1 is 1.30 bits per heavy atom. The van der Waals surface area contributed by atoms with Gasteiger partial charge in [-0.3, -0.25) is 10.1 Å². The third kappa shape index (κ3) is 3.46. The van der Waals surface area contributed by atoms with Gasteiger partial charge in [-0.05, 0) is 18.2 Å². The Hall–Kier alpha value is -1.66. The number of ether oxygens (including phenoxy) is 1. The zero-order valence-electron chi connectivity index (χ0n) is 9.98. The lowest BCUT2D eigenvalue weighted by Crippen LogP contribution is -1.98. The minimum atomic E-state index is -0.936. The SMILES string of the molecule is O=[N+]([O-])c1ccc(OCc2ccc(Br)cc2Cl)cc1F. The lowest BCUT2D eigenvalue weighted by molar-refractivity contribution is -0.387. The van der Waals surface area contributed by atoms with Crippen molar-refractivity contribution in [3.05, 3.63) is 67.4 Å². The minimum absolute atomic E-state index is 0.142. The van der Waals surface area contributed by atoms with Crippen molar-refractivity contribution in [3.8, 4) is 5.75 Å². The Labute approximate surface area is 127 Å². The summed E-state index contributed by atoms with van der Waals surface area (Å²) in [6.45, 7) is 0.142. The van der Waals surface area contributed by atoms with Gasteiger partial charge in [0.25, 0.3) is 0 Å². The monoisotopic (exact) mass is 359 g/mol. The van der Waals surface area contributed by atoms with E-state index in [9.17, 15) is 14.5 Å². The highest BCUT2D eigenvalue weighted by Crippen LogP contribution is 2.25. The van der Waals surface area contributed by atoms with E-state index in [0.29, 0.717) is 5.02 Å². The van der Waals surface area contributed by atoms with Gasteiger partial charge < -0.3 is 4.74 Å². The van der Waals surface area contributed by atoms with Crippen LogP contribution in [0.5, 0.6) is 5.75 Å². The normalized spacial score (nSPS) is 10.3. The van der Waals surface area contributed by atoms with Gasteiger partial charge in [-0.1, -0.05) is 33.6 Å². The Kier molecular flexibility index (Phi) is 4.57. The van der Waals surface area contributed by atoms with Crippen molar-refractivity contribution in [2.24, 2.45) is 0 Å². The number of nitro groups is 1. The Morgan fingerprint density at radius 3 is 2.65 bits per heavy atom. The van der Waals surface area contributed by atoms with E-state index in [1.165, 1.54) is 6.07 Å². The molecule has 0 aliphatic heterocycles. The van der Waals surface area contributed by atoms with E-state index in [2.05, 4.69) is 15.9 Å². The summed E-state index contributed by atoms with van der Waals surface area (Å²) in [5.74, 6) is -0.735. The van der Waals surface area contributed by atoms with Gasteiger partial charge in [-0.2, -0.15) is 4.39 Å². The first-order valence-electron chi connectivity index (χ1n) is 5.48. The Bertz CT molecular complexity index is 666. The second kappa shape index (κ2) is 6.19. The highest BCUT2D eigenvalue weighted by molar-refractivity contribution is 9.10. The third-order valence-corrected chi connectivity index (χ3v) is 3.37. The molecule has 104 valence electrons. The van der Waals surface area contributed by atoms with Gasteiger partial charge in [0.05, 0.1) is 4.92 Å². The van der Waals surface area contributed by atoms with Crippen LogP contribution in [0.15, 0.2) is 40.9 Å². The van der Waals surface area contributed by atoms with E-state index in [4.69, 9.17) is 16.3 Å². The molecular formula is C13H8BrClFNO3. The van der Waals surface area contributed by atoms with Gasteiger partial charge in [0.1, 0.15) is 12.4 Å². The van der Waals surface area contributed by atoms with Crippen LogP contribution in [0.4, 0.5) is 10.1 Å². The fourth-order valence-electron chi connectivity index (χ4n) is 1.53. The molecule has 2 aromatic rings. The first kappa shape index (κ1) is 14.7. The molecule has 0 heterocycles. The molecule has 2 aromatic carbocycles. The fourth-order valence-corrected chi connectivity index (χ4v) is 2.25. The first-order chi connectivity index (χ1) is 9.47. The lowest BCUT2D eigenvalue weighted by Gasteiger charge is -2.08.